The fraction of sp³-hybridized carbons (Fsp3) is 0.200. The van der Waals surface area contributed by atoms with E-state index in [1.807, 2.05) is 4.90 Å². The Kier molecular flexibility index (Phi) is 7.49. The Hall–Kier alpha value is -3.36. The normalized spacial score (nSPS) is 13.8. The van der Waals surface area contributed by atoms with Crippen LogP contribution in [0.25, 0.3) is 0 Å². The molecule has 2 aromatic carbocycles. The summed E-state index contributed by atoms with van der Waals surface area (Å²) in [6.07, 6.45) is 1.43. The van der Waals surface area contributed by atoms with Gasteiger partial charge in [-0.15, -0.1) is 0 Å². The lowest BCUT2D eigenvalue weighted by Gasteiger charge is -2.27. The minimum absolute atomic E-state index is 0.0337. The smallest absolute Gasteiger partial charge is 0.271 e. The molecule has 0 unspecified atom stereocenters. The number of nitrogens with one attached hydrogen (secondary N) is 2. The zero-order valence-corrected chi connectivity index (χ0v) is 20.7. The number of aromatic hydroxyl groups is 1. The number of hydrogen-bond acceptors (Lipinski definition) is 11. The van der Waals surface area contributed by atoms with E-state index in [0.29, 0.717) is 48.0 Å². The molecule has 3 N–H and O–H groups in total. The number of aromatic nitrogens is 3. The van der Waals surface area contributed by atoms with E-state index in [-0.39, 0.29) is 23.3 Å². The summed E-state index contributed by atoms with van der Waals surface area (Å²) in [5, 5.41) is 28.4. The molecule has 4 rings (SSSR count). The van der Waals surface area contributed by atoms with Crippen LogP contribution in [0.3, 0.4) is 0 Å². The van der Waals surface area contributed by atoms with Gasteiger partial charge in [0.15, 0.2) is 0 Å². The number of nitro groups is 1. The highest BCUT2D eigenvalue weighted by atomic mass is 79.9. The molecule has 0 saturated carbocycles. The van der Waals surface area contributed by atoms with Crippen molar-refractivity contribution in [2.75, 3.05) is 41.9 Å². The largest absolute Gasteiger partial charge is 0.506 e. The number of nitro benzene ring substituents is 1. The van der Waals surface area contributed by atoms with Crippen molar-refractivity contribution in [3.8, 4) is 5.75 Å². The number of anilines is 4. The molecular formula is C20H18Br2N8O4. The van der Waals surface area contributed by atoms with Gasteiger partial charge in [-0.2, -0.15) is 20.1 Å². The van der Waals surface area contributed by atoms with E-state index in [1.54, 1.807) is 24.3 Å². The lowest BCUT2D eigenvalue weighted by atomic mass is 10.2. The summed E-state index contributed by atoms with van der Waals surface area (Å²) in [6.45, 7) is 2.28. The molecule has 0 spiro atoms. The van der Waals surface area contributed by atoms with Crippen LogP contribution in [0.1, 0.15) is 5.56 Å². The summed E-state index contributed by atoms with van der Waals surface area (Å²) in [6, 6.07) is 9.44. The van der Waals surface area contributed by atoms with E-state index in [4.69, 9.17) is 4.74 Å². The number of nitrogens with zero attached hydrogens (tertiary/aromatic N) is 6. The first kappa shape index (κ1) is 23.8. The summed E-state index contributed by atoms with van der Waals surface area (Å²) in [5.41, 5.74) is 3.61. The van der Waals surface area contributed by atoms with Crippen LogP contribution in [0.5, 0.6) is 5.75 Å². The Balaban J connectivity index is 1.61. The van der Waals surface area contributed by atoms with Gasteiger partial charge in [0.25, 0.3) is 5.69 Å². The van der Waals surface area contributed by atoms with Crippen molar-refractivity contribution in [2.45, 2.75) is 0 Å². The van der Waals surface area contributed by atoms with Crippen molar-refractivity contribution >= 4 is 67.3 Å². The molecule has 12 nitrogen and oxygen atoms in total. The Bertz CT molecular complexity index is 1240. The Labute approximate surface area is 210 Å². The summed E-state index contributed by atoms with van der Waals surface area (Å²) < 4.78 is 6.67. The monoisotopic (exact) mass is 592 g/mol. The van der Waals surface area contributed by atoms with E-state index in [1.165, 1.54) is 18.3 Å². The number of non-ortho nitro benzene ring substituents is 1. The quantitative estimate of drug-likeness (QED) is 0.208. The first-order chi connectivity index (χ1) is 16.4. The van der Waals surface area contributed by atoms with Gasteiger partial charge in [-0.25, -0.2) is 5.43 Å². The molecule has 2 heterocycles. The molecule has 0 radical (unpaired) electrons. The highest BCUT2D eigenvalue weighted by Gasteiger charge is 2.17. The second kappa shape index (κ2) is 10.7. The van der Waals surface area contributed by atoms with E-state index in [0.717, 1.165) is 4.47 Å². The zero-order chi connectivity index (χ0) is 24.1. The number of ether oxygens (including phenoxy) is 1. The van der Waals surface area contributed by atoms with Crippen LogP contribution in [0.4, 0.5) is 29.2 Å². The van der Waals surface area contributed by atoms with E-state index >= 15 is 0 Å². The number of rotatable bonds is 7. The molecule has 3 aromatic rings. The number of phenolic OH excluding ortho intramolecular Hbond substituents is 1. The second-order valence-electron chi connectivity index (χ2n) is 7.01. The van der Waals surface area contributed by atoms with Gasteiger partial charge in [-0.05, 0) is 34.1 Å². The number of morpholine rings is 1. The number of hydrogen-bond donors (Lipinski definition) is 3. The van der Waals surface area contributed by atoms with Crippen molar-refractivity contribution in [2.24, 2.45) is 5.10 Å². The third-order valence-electron chi connectivity index (χ3n) is 4.66. The van der Waals surface area contributed by atoms with Gasteiger partial charge in [-0.1, -0.05) is 22.0 Å². The molecule has 1 aliphatic rings. The van der Waals surface area contributed by atoms with Crippen molar-refractivity contribution < 1.29 is 14.8 Å². The third kappa shape index (κ3) is 5.95. The topological polar surface area (TPSA) is 151 Å². The molecule has 14 heteroatoms. The van der Waals surface area contributed by atoms with Crippen LogP contribution in [0.15, 0.2) is 50.4 Å². The molecule has 1 fully saturated rings. The predicted molar refractivity (Wildman–Crippen MR) is 134 cm³/mol. The molecule has 1 saturated heterocycles. The van der Waals surface area contributed by atoms with E-state index in [2.05, 4.69) is 62.7 Å². The number of phenols is 1. The molecule has 1 aliphatic heterocycles. The van der Waals surface area contributed by atoms with Gasteiger partial charge >= 0.3 is 0 Å². The number of halogens is 2. The van der Waals surface area contributed by atoms with Gasteiger partial charge in [0.2, 0.25) is 17.8 Å². The summed E-state index contributed by atoms with van der Waals surface area (Å²) in [5.74, 6) is 0.764. The average molecular weight is 594 g/mol. The fourth-order valence-electron chi connectivity index (χ4n) is 3.05. The molecule has 176 valence electrons. The van der Waals surface area contributed by atoms with Crippen LogP contribution in [-0.2, 0) is 4.74 Å². The van der Waals surface area contributed by atoms with Crippen LogP contribution < -0.4 is 15.6 Å². The van der Waals surface area contributed by atoms with Gasteiger partial charge < -0.3 is 20.1 Å². The van der Waals surface area contributed by atoms with E-state index < -0.39 is 4.92 Å². The van der Waals surface area contributed by atoms with Gasteiger partial charge in [0.1, 0.15) is 5.75 Å². The minimum atomic E-state index is -0.477. The van der Waals surface area contributed by atoms with Crippen molar-refractivity contribution in [1.82, 2.24) is 15.0 Å². The van der Waals surface area contributed by atoms with Gasteiger partial charge in [0.05, 0.1) is 28.8 Å². The highest BCUT2D eigenvalue weighted by molar-refractivity contribution is 9.11. The summed E-state index contributed by atoms with van der Waals surface area (Å²) >= 11 is 6.65. The Morgan fingerprint density at radius 3 is 2.68 bits per heavy atom. The second-order valence-corrected chi connectivity index (χ2v) is 8.78. The fourth-order valence-corrected chi connectivity index (χ4v) is 4.30. The van der Waals surface area contributed by atoms with Gasteiger partial charge in [0, 0.05) is 40.9 Å². The van der Waals surface area contributed by atoms with Crippen molar-refractivity contribution in [3.63, 3.8) is 0 Å². The average Bonchev–Trinajstić information content (AvgIpc) is 2.82. The lowest BCUT2D eigenvalue weighted by Crippen LogP contribution is -2.37. The molecule has 0 aliphatic carbocycles. The maximum absolute atomic E-state index is 11.1. The van der Waals surface area contributed by atoms with Crippen LogP contribution >= 0.6 is 31.9 Å². The number of hydrazone groups is 1. The van der Waals surface area contributed by atoms with Crippen LogP contribution in [0, 0.1) is 10.1 Å². The zero-order valence-electron chi connectivity index (χ0n) is 17.5. The highest BCUT2D eigenvalue weighted by Crippen LogP contribution is 2.30. The first-order valence-corrected chi connectivity index (χ1v) is 11.5. The summed E-state index contributed by atoms with van der Waals surface area (Å²) in [7, 11) is 0. The molecule has 34 heavy (non-hydrogen) atoms. The Morgan fingerprint density at radius 1 is 1.15 bits per heavy atom. The molecule has 0 bridgehead atoms. The van der Waals surface area contributed by atoms with Crippen molar-refractivity contribution in [1.29, 1.82) is 0 Å². The third-order valence-corrected chi connectivity index (χ3v) is 5.72. The molecule has 0 amide bonds. The lowest BCUT2D eigenvalue weighted by molar-refractivity contribution is -0.384. The van der Waals surface area contributed by atoms with Crippen molar-refractivity contribution in [3.05, 3.63) is 61.0 Å². The molecule has 1 aromatic heterocycles. The standard InChI is InChI=1S/C20H18Br2N8O4/c21-13-8-12(17(31)16(22)9-13)11-23-28-19-25-18(24-14-2-1-3-15(10-14)30(32)33)26-20(27-19)29-4-6-34-7-5-29/h1-3,8-11,31H,4-7H2,(H2,24,25,26,27,28). The first-order valence-electron chi connectivity index (χ1n) is 9.96. The van der Waals surface area contributed by atoms with Crippen LogP contribution in [-0.4, -0.2) is 57.5 Å². The molecule has 0 atom stereocenters. The van der Waals surface area contributed by atoms with Gasteiger partial charge in [-0.3, -0.25) is 10.1 Å². The minimum Gasteiger partial charge on any atom is -0.506 e. The van der Waals surface area contributed by atoms with Crippen LogP contribution in [0.2, 0.25) is 0 Å². The van der Waals surface area contributed by atoms with E-state index in [9.17, 15) is 15.2 Å². The maximum atomic E-state index is 11.1. The maximum Gasteiger partial charge on any atom is 0.271 e. The number of benzene rings is 2. The predicted octanol–water partition coefficient (Wildman–Crippen LogP) is 4.04. The Morgan fingerprint density at radius 2 is 1.91 bits per heavy atom. The molecular weight excluding hydrogens is 576 g/mol. The summed E-state index contributed by atoms with van der Waals surface area (Å²) in [4.78, 5) is 25.8. The SMILES string of the molecule is O=[N+]([O-])c1cccc(Nc2nc(NN=Cc3cc(Br)cc(Br)c3O)nc(N3CCOCC3)n2)c1.